The van der Waals surface area contributed by atoms with Crippen molar-refractivity contribution in [2.75, 3.05) is 5.32 Å². The molecule has 0 saturated heterocycles. The van der Waals surface area contributed by atoms with Crippen molar-refractivity contribution in [2.45, 2.75) is 26.0 Å². The van der Waals surface area contributed by atoms with Gasteiger partial charge in [-0.2, -0.15) is 9.61 Å². The number of aliphatic hydroxyl groups is 1. The highest BCUT2D eigenvalue weighted by atomic mass is 79.9. The average molecular weight is 647 g/mol. The minimum Gasteiger partial charge on any atom is -0.366 e. The SMILES string of the molecule is OC(NCc1ccc(CNc2cc(-c3ccccc3Cl)nc3c(Br)cnn23)cc1)NCc1ccc(Cl)cc1Cl. The molecule has 0 aliphatic carbocycles. The van der Waals surface area contributed by atoms with E-state index in [-0.39, 0.29) is 0 Å². The first-order valence-corrected chi connectivity index (χ1v) is 14.0. The van der Waals surface area contributed by atoms with Crippen LogP contribution in [-0.4, -0.2) is 26.1 Å². The van der Waals surface area contributed by atoms with E-state index in [1.807, 2.05) is 60.7 Å². The Morgan fingerprint density at radius 2 is 1.56 bits per heavy atom. The van der Waals surface area contributed by atoms with Crippen LogP contribution in [0.1, 0.15) is 16.7 Å². The van der Waals surface area contributed by atoms with Gasteiger partial charge in [-0.1, -0.05) is 83.3 Å². The predicted molar refractivity (Wildman–Crippen MR) is 161 cm³/mol. The van der Waals surface area contributed by atoms with Crippen molar-refractivity contribution in [1.29, 1.82) is 0 Å². The van der Waals surface area contributed by atoms with Gasteiger partial charge in [-0.15, -0.1) is 0 Å². The van der Waals surface area contributed by atoms with Crippen LogP contribution in [0.2, 0.25) is 15.1 Å². The van der Waals surface area contributed by atoms with Crippen LogP contribution in [-0.2, 0) is 19.6 Å². The number of fused-ring (bicyclic) bond motifs is 1. The van der Waals surface area contributed by atoms with Gasteiger partial charge in [-0.25, -0.2) is 4.98 Å². The van der Waals surface area contributed by atoms with Crippen LogP contribution in [0.25, 0.3) is 16.9 Å². The minimum atomic E-state index is -0.895. The minimum absolute atomic E-state index is 0.405. The number of halogens is 4. The van der Waals surface area contributed by atoms with Gasteiger partial charge in [0.05, 0.1) is 16.4 Å². The third-order valence-electron chi connectivity index (χ3n) is 6.08. The van der Waals surface area contributed by atoms with Crippen molar-refractivity contribution in [3.63, 3.8) is 0 Å². The van der Waals surface area contributed by atoms with Gasteiger partial charge in [-0.05, 0) is 50.8 Å². The van der Waals surface area contributed by atoms with E-state index >= 15 is 0 Å². The number of hydrogen-bond donors (Lipinski definition) is 4. The van der Waals surface area contributed by atoms with Crippen LogP contribution in [0, 0.1) is 0 Å². The summed E-state index contributed by atoms with van der Waals surface area (Å²) in [5, 5.41) is 26.0. The highest BCUT2D eigenvalue weighted by Crippen LogP contribution is 2.30. The van der Waals surface area contributed by atoms with Gasteiger partial charge in [0.1, 0.15) is 5.82 Å². The van der Waals surface area contributed by atoms with Crippen LogP contribution in [0.3, 0.4) is 0 Å². The Balaban J connectivity index is 1.19. The zero-order chi connectivity index (χ0) is 27.4. The van der Waals surface area contributed by atoms with E-state index in [1.165, 1.54) is 0 Å². The van der Waals surface area contributed by atoms with Gasteiger partial charge in [0.25, 0.3) is 0 Å². The molecule has 1 unspecified atom stereocenters. The maximum atomic E-state index is 10.3. The Hall–Kier alpha value is -2.69. The van der Waals surface area contributed by atoms with E-state index in [9.17, 15) is 5.11 Å². The molecule has 0 saturated carbocycles. The van der Waals surface area contributed by atoms with E-state index in [2.05, 4.69) is 37.0 Å². The lowest BCUT2D eigenvalue weighted by molar-refractivity contribution is 0.0978. The molecule has 11 heteroatoms. The number of anilines is 1. The smallest absolute Gasteiger partial charge is 0.172 e. The van der Waals surface area contributed by atoms with Crippen LogP contribution in [0.4, 0.5) is 5.82 Å². The van der Waals surface area contributed by atoms with Crippen molar-refractivity contribution in [3.05, 3.63) is 115 Å². The molecule has 0 aliphatic rings. The predicted octanol–water partition coefficient (Wildman–Crippen LogP) is 6.89. The van der Waals surface area contributed by atoms with Gasteiger partial charge >= 0.3 is 0 Å². The zero-order valence-electron chi connectivity index (χ0n) is 20.5. The van der Waals surface area contributed by atoms with Crippen molar-refractivity contribution >= 4 is 62.2 Å². The molecule has 0 radical (unpaired) electrons. The molecule has 0 spiro atoms. The van der Waals surface area contributed by atoms with Crippen molar-refractivity contribution in [1.82, 2.24) is 25.2 Å². The standard InChI is InChI=1S/C28H24BrCl3N6O/c29-22-16-36-38-26(12-25(37-27(22)38)21-3-1-2-4-23(21)31)33-13-17-5-7-18(8-6-17)14-34-28(39)35-15-19-9-10-20(30)11-24(19)32/h1-12,16,28,33-35,39H,13-15H2. The molecule has 0 aliphatic heterocycles. The summed E-state index contributed by atoms with van der Waals surface area (Å²) in [4.78, 5) is 4.75. The lowest BCUT2D eigenvalue weighted by Gasteiger charge is -2.16. The summed E-state index contributed by atoms with van der Waals surface area (Å²) in [7, 11) is 0. The number of nitrogens with zero attached hydrogens (tertiary/aromatic N) is 3. The van der Waals surface area contributed by atoms with Crippen molar-refractivity contribution < 1.29 is 5.11 Å². The van der Waals surface area contributed by atoms with Gasteiger partial charge < -0.3 is 10.4 Å². The second kappa shape index (κ2) is 12.7. The van der Waals surface area contributed by atoms with Crippen LogP contribution < -0.4 is 16.0 Å². The topological polar surface area (TPSA) is 86.5 Å². The van der Waals surface area contributed by atoms with Crippen LogP contribution in [0.15, 0.2) is 83.5 Å². The first kappa shape index (κ1) is 27.9. The highest BCUT2D eigenvalue weighted by molar-refractivity contribution is 9.10. The first-order chi connectivity index (χ1) is 18.9. The molecular weight excluding hydrogens is 623 g/mol. The molecule has 200 valence electrons. The summed E-state index contributed by atoms with van der Waals surface area (Å²) >= 11 is 22.1. The molecule has 0 bridgehead atoms. The van der Waals surface area contributed by atoms with Gasteiger partial charge in [0.15, 0.2) is 12.0 Å². The van der Waals surface area contributed by atoms with Crippen LogP contribution >= 0.6 is 50.7 Å². The molecule has 5 rings (SSSR count). The maximum Gasteiger partial charge on any atom is 0.172 e. The van der Waals surface area contributed by atoms with Gasteiger partial charge in [0.2, 0.25) is 0 Å². The Kier molecular flexibility index (Phi) is 9.04. The third-order valence-corrected chi connectivity index (χ3v) is 7.55. The summed E-state index contributed by atoms with van der Waals surface area (Å²) in [6, 6.07) is 23.0. The molecule has 1 atom stereocenters. The number of aromatic nitrogens is 3. The second-order valence-corrected chi connectivity index (χ2v) is 10.9. The molecule has 0 fully saturated rings. The Morgan fingerprint density at radius 3 is 2.31 bits per heavy atom. The van der Waals surface area contributed by atoms with E-state index in [0.29, 0.717) is 40.3 Å². The number of aliphatic hydroxyl groups excluding tert-OH is 1. The van der Waals surface area contributed by atoms with Crippen LogP contribution in [0.5, 0.6) is 0 Å². The molecule has 2 heterocycles. The number of nitrogens with one attached hydrogen (secondary N) is 3. The molecule has 2 aromatic heterocycles. The average Bonchev–Trinajstić information content (AvgIpc) is 3.31. The van der Waals surface area contributed by atoms with Gasteiger partial charge in [0, 0.05) is 46.3 Å². The largest absolute Gasteiger partial charge is 0.366 e. The Labute approximate surface area is 249 Å². The third kappa shape index (κ3) is 6.91. The van der Waals surface area contributed by atoms with E-state index in [4.69, 9.17) is 39.8 Å². The molecule has 3 aromatic carbocycles. The molecule has 5 aromatic rings. The molecule has 0 amide bonds. The molecule has 7 nitrogen and oxygen atoms in total. The molecule has 4 N–H and O–H groups in total. The van der Waals surface area contributed by atoms with Gasteiger partial charge in [-0.3, -0.25) is 10.6 Å². The second-order valence-electron chi connectivity index (χ2n) is 8.80. The molecular formula is C28H24BrCl3N6O. The molecule has 39 heavy (non-hydrogen) atoms. The maximum absolute atomic E-state index is 10.3. The summed E-state index contributed by atoms with van der Waals surface area (Å²) in [5.41, 5.74) is 5.28. The summed E-state index contributed by atoms with van der Waals surface area (Å²) < 4.78 is 2.55. The number of benzene rings is 3. The van der Waals surface area contributed by atoms with Crippen molar-refractivity contribution in [2.24, 2.45) is 0 Å². The normalized spacial score (nSPS) is 12.1. The summed E-state index contributed by atoms with van der Waals surface area (Å²) in [5.74, 6) is 0.793. The fourth-order valence-corrected chi connectivity index (χ4v) is 5.05. The van der Waals surface area contributed by atoms with Crippen molar-refractivity contribution in [3.8, 4) is 11.3 Å². The monoisotopic (exact) mass is 644 g/mol. The lowest BCUT2D eigenvalue weighted by Crippen LogP contribution is -2.41. The quantitative estimate of drug-likeness (QED) is 0.124. The fraction of sp³-hybridized carbons (Fsp3) is 0.143. The highest BCUT2D eigenvalue weighted by Gasteiger charge is 2.13. The Bertz CT molecular complexity index is 1590. The lowest BCUT2D eigenvalue weighted by atomic mass is 10.1. The fourth-order valence-electron chi connectivity index (χ4n) is 3.99. The number of hydrogen-bond acceptors (Lipinski definition) is 6. The summed E-state index contributed by atoms with van der Waals surface area (Å²) in [6.45, 7) is 1.48. The van der Waals surface area contributed by atoms with E-state index in [0.717, 1.165) is 38.2 Å². The van der Waals surface area contributed by atoms with E-state index < -0.39 is 6.35 Å². The Morgan fingerprint density at radius 1 is 0.846 bits per heavy atom. The number of rotatable bonds is 10. The first-order valence-electron chi connectivity index (χ1n) is 12.1. The zero-order valence-corrected chi connectivity index (χ0v) is 24.4. The summed E-state index contributed by atoms with van der Waals surface area (Å²) in [6.07, 6.45) is 0.826. The van der Waals surface area contributed by atoms with E-state index in [1.54, 1.807) is 22.8 Å².